The van der Waals surface area contributed by atoms with E-state index in [2.05, 4.69) is 0 Å². The van der Waals surface area contributed by atoms with E-state index in [-0.39, 0.29) is 11.8 Å². The Hall–Kier alpha value is -0.130. The molecule has 2 aliphatic heterocycles. The topological polar surface area (TPSA) is 57.6 Å². The van der Waals surface area contributed by atoms with Gasteiger partial charge in [0.25, 0.3) is 0 Å². The number of aliphatic hydroxyl groups excluding tert-OH is 1. The molecule has 4 nitrogen and oxygen atoms in total. The highest BCUT2D eigenvalue weighted by atomic mass is 32.2. The molecule has 2 heterocycles. The van der Waals surface area contributed by atoms with Crippen molar-refractivity contribution >= 4 is 10.0 Å². The summed E-state index contributed by atoms with van der Waals surface area (Å²) in [5.74, 6) is -0.0718. The fraction of sp³-hybridized carbons (Fsp3) is 1.00. The highest BCUT2D eigenvalue weighted by Crippen LogP contribution is 2.30. The normalized spacial score (nSPS) is 42.6. The summed E-state index contributed by atoms with van der Waals surface area (Å²) in [7, 11) is -3.09. The Balaban J connectivity index is 2.35. The standard InChI is InChI=1S/C6H11NO3S/c8-6-4-11(9,10)7-3-1-2-5(6)7/h5-6,8H,1-4H2. The van der Waals surface area contributed by atoms with E-state index in [0.717, 1.165) is 12.8 Å². The van der Waals surface area contributed by atoms with Crippen LogP contribution >= 0.6 is 0 Å². The molecule has 0 aromatic heterocycles. The number of aliphatic hydroxyl groups is 1. The summed E-state index contributed by atoms with van der Waals surface area (Å²) in [5.41, 5.74) is 0. The first-order valence-corrected chi connectivity index (χ1v) is 5.40. The summed E-state index contributed by atoms with van der Waals surface area (Å²) in [4.78, 5) is 0. The van der Waals surface area contributed by atoms with Crippen LogP contribution in [-0.2, 0) is 10.0 Å². The van der Waals surface area contributed by atoms with Crippen LogP contribution in [0.15, 0.2) is 0 Å². The third kappa shape index (κ3) is 0.988. The van der Waals surface area contributed by atoms with Gasteiger partial charge in [0.05, 0.1) is 17.9 Å². The Morgan fingerprint density at radius 3 is 2.82 bits per heavy atom. The minimum absolute atomic E-state index is 0.0718. The van der Waals surface area contributed by atoms with Crippen molar-refractivity contribution in [2.45, 2.75) is 25.0 Å². The third-order valence-corrected chi connectivity index (χ3v) is 4.36. The lowest BCUT2D eigenvalue weighted by molar-refractivity contribution is 0.146. The van der Waals surface area contributed by atoms with E-state index in [4.69, 9.17) is 0 Å². The molecule has 0 saturated carbocycles. The molecule has 0 aromatic carbocycles. The number of fused-ring (bicyclic) bond motifs is 1. The van der Waals surface area contributed by atoms with E-state index < -0.39 is 16.1 Å². The Bertz CT molecular complexity index is 261. The largest absolute Gasteiger partial charge is 0.390 e. The number of nitrogens with zero attached hydrogens (tertiary/aromatic N) is 1. The minimum atomic E-state index is -3.09. The van der Waals surface area contributed by atoms with Gasteiger partial charge in [0.2, 0.25) is 10.0 Å². The van der Waals surface area contributed by atoms with Crippen molar-refractivity contribution in [1.82, 2.24) is 4.31 Å². The van der Waals surface area contributed by atoms with Gasteiger partial charge >= 0.3 is 0 Å². The lowest BCUT2D eigenvalue weighted by Crippen LogP contribution is -2.30. The van der Waals surface area contributed by atoms with E-state index in [1.165, 1.54) is 4.31 Å². The summed E-state index contributed by atoms with van der Waals surface area (Å²) in [6, 6.07) is -0.111. The van der Waals surface area contributed by atoms with Gasteiger partial charge in [-0.1, -0.05) is 0 Å². The highest BCUT2D eigenvalue weighted by Gasteiger charge is 2.46. The van der Waals surface area contributed by atoms with Crippen LogP contribution in [0.25, 0.3) is 0 Å². The number of rotatable bonds is 0. The van der Waals surface area contributed by atoms with Crippen molar-refractivity contribution in [1.29, 1.82) is 0 Å². The lowest BCUT2D eigenvalue weighted by Gasteiger charge is -2.13. The molecular formula is C6H11NO3S. The fourth-order valence-corrected chi connectivity index (χ4v) is 3.83. The molecule has 0 spiro atoms. The molecule has 2 aliphatic rings. The number of sulfonamides is 1. The maximum Gasteiger partial charge on any atom is 0.217 e. The van der Waals surface area contributed by atoms with Gasteiger partial charge in [-0.05, 0) is 12.8 Å². The molecule has 2 unspecified atom stereocenters. The van der Waals surface area contributed by atoms with Crippen molar-refractivity contribution in [2.75, 3.05) is 12.3 Å². The van der Waals surface area contributed by atoms with Crippen LogP contribution in [0.1, 0.15) is 12.8 Å². The molecule has 5 heteroatoms. The van der Waals surface area contributed by atoms with Crippen LogP contribution in [0.3, 0.4) is 0 Å². The smallest absolute Gasteiger partial charge is 0.217 e. The first-order chi connectivity index (χ1) is 5.11. The van der Waals surface area contributed by atoms with Crippen LogP contribution < -0.4 is 0 Å². The van der Waals surface area contributed by atoms with Crippen molar-refractivity contribution < 1.29 is 13.5 Å². The maximum atomic E-state index is 11.2. The SMILES string of the molecule is O=S1(=O)CC(O)C2CCCN21. The molecule has 0 bridgehead atoms. The molecular weight excluding hydrogens is 166 g/mol. The summed E-state index contributed by atoms with van der Waals surface area (Å²) in [6.07, 6.45) is 1.06. The monoisotopic (exact) mass is 177 g/mol. The summed E-state index contributed by atoms with van der Waals surface area (Å²) < 4.78 is 23.9. The van der Waals surface area contributed by atoms with E-state index in [9.17, 15) is 13.5 Å². The number of hydrogen-bond acceptors (Lipinski definition) is 3. The minimum Gasteiger partial charge on any atom is -0.390 e. The second kappa shape index (κ2) is 2.18. The van der Waals surface area contributed by atoms with Gasteiger partial charge in [-0.25, -0.2) is 8.42 Å². The molecule has 2 rings (SSSR count). The van der Waals surface area contributed by atoms with Crippen LogP contribution in [-0.4, -0.2) is 42.3 Å². The molecule has 0 aromatic rings. The number of hydrogen-bond donors (Lipinski definition) is 1. The molecule has 11 heavy (non-hydrogen) atoms. The first kappa shape index (κ1) is 7.52. The van der Waals surface area contributed by atoms with Gasteiger partial charge in [0, 0.05) is 6.54 Å². The lowest BCUT2D eigenvalue weighted by atomic mass is 10.1. The second-order valence-corrected chi connectivity index (χ2v) is 5.13. The second-order valence-electron chi connectivity index (χ2n) is 3.17. The maximum absolute atomic E-state index is 11.2. The summed E-state index contributed by atoms with van der Waals surface area (Å²) >= 11 is 0. The predicted octanol–water partition coefficient (Wildman–Crippen LogP) is -0.845. The van der Waals surface area contributed by atoms with Gasteiger partial charge in [0.15, 0.2) is 0 Å². The highest BCUT2D eigenvalue weighted by molar-refractivity contribution is 7.89. The summed E-state index contributed by atoms with van der Waals surface area (Å²) in [5, 5.41) is 9.31. The predicted molar refractivity (Wildman–Crippen MR) is 39.5 cm³/mol. The van der Waals surface area contributed by atoms with Gasteiger partial charge in [-0.3, -0.25) is 0 Å². The van der Waals surface area contributed by atoms with E-state index >= 15 is 0 Å². The van der Waals surface area contributed by atoms with E-state index in [1.807, 2.05) is 0 Å². The van der Waals surface area contributed by atoms with Crippen molar-refractivity contribution in [3.63, 3.8) is 0 Å². The fourth-order valence-electron chi connectivity index (χ4n) is 1.92. The quantitative estimate of drug-likeness (QED) is 0.524. The Labute approximate surface area is 65.9 Å². The third-order valence-electron chi connectivity index (χ3n) is 2.43. The van der Waals surface area contributed by atoms with Gasteiger partial charge in [-0.15, -0.1) is 0 Å². The average Bonchev–Trinajstić information content (AvgIpc) is 2.37. The van der Waals surface area contributed by atoms with Gasteiger partial charge < -0.3 is 5.11 Å². The molecule has 0 radical (unpaired) electrons. The van der Waals surface area contributed by atoms with Crippen LogP contribution in [0.2, 0.25) is 0 Å². The van der Waals surface area contributed by atoms with Gasteiger partial charge in [-0.2, -0.15) is 4.31 Å². The van der Waals surface area contributed by atoms with Crippen molar-refractivity contribution in [2.24, 2.45) is 0 Å². The molecule has 2 saturated heterocycles. The Morgan fingerprint density at radius 1 is 1.45 bits per heavy atom. The molecule has 64 valence electrons. The van der Waals surface area contributed by atoms with E-state index in [1.54, 1.807) is 0 Å². The first-order valence-electron chi connectivity index (χ1n) is 3.79. The molecule has 2 fully saturated rings. The Kier molecular flexibility index (Phi) is 1.49. The zero-order chi connectivity index (χ0) is 8.06. The van der Waals surface area contributed by atoms with Crippen molar-refractivity contribution in [3.8, 4) is 0 Å². The molecule has 2 atom stereocenters. The molecule has 1 N–H and O–H groups in total. The van der Waals surface area contributed by atoms with Crippen LogP contribution in [0, 0.1) is 0 Å². The Morgan fingerprint density at radius 2 is 2.18 bits per heavy atom. The van der Waals surface area contributed by atoms with Crippen LogP contribution in [0.5, 0.6) is 0 Å². The van der Waals surface area contributed by atoms with Gasteiger partial charge in [0.1, 0.15) is 0 Å². The van der Waals surface area contributed by atoms with E-state index in [0.29, 0.717) is 6.54 Å². The zero-order valence-electron chi connectivity index (χ0n) is 6.10. The zero-order valence-corrected chi connectivity index (χ0v) is 6.92. The molecule has 0 amide bonds. The van der Waals surface area contributed by atoms with Crippen LogP contribution in [0.4, 0.5) is 0 Å². The van der Waals surface area contributed by atoms with Crippen molar-refractivity contribution in [3.05, 3.63) is 0 Å². The molecule has 0 aliphatic carbocycles. The summed E-state index contributed by atoms with van der Waals surface area (Å²) in [6.45, 7) is 0.601. The average molecular weight is 177 g/mol.